The quantitative estimate of drug-likeness (QED) is 0.277. The van der Waals surface area contributed by atoms with Crippen molar-refractivity contribution >= 4 is 27.8 Å². The van der Waals surface area contributed by atoms with Gasteiger partial charge in [0, 0.05) is 22.3 Å². The van der Waals surface area contributed by atoms with Crippen molar-refractivity contribution in [3.8, 4) is 0 Å². The average molecular weight is 534 g/mol. The number of alkyl halides is 4. The Hall–Kier alpha value is -0.630. The molecule has 5 atom stereocenters. The molecule has 13 heteroatoms. The van der Waals surface area contributed by atoms with Gasteiger partial charge in [0.2, 0.25) is 0 Å². The second-order valence-corrected chi connectivity index (χ2v) is 13.1. The van der Waals surface area contributed by atoms with Crippen molar-refractivity contribution in [3.05, 3.63) is 0 Å². The Morgan fingerprint density at radius 3 is 2.00 bits per heavy atom. The van der Waals surface area contributed by atoms with E-state index in [4.69, 9.17) is 4.74 Å². The first-order valence-corrected chi connectivity index (χ1v) is 14.0. The fourth-order valence-electron chi connectivity index (χ4n) is 6.65. The van der Waals surface area contributed by atoms with Gasteiger partial charge in [-0.15, -0.1) is 0 Å². The van der Waals surface area contributed by atoms with E-state index in [1.54, 1.807) is 0 Å². The SMILES string of the molecule is O=C(OCCC(F)(F)C(F)(F)S(=O)(=O)[O-])C1CC2SC1C(C1(O)CCCC1)C2C1(O)CCCC1. The maximum atomic E-state index is 13.7. The lowest BCUT2D eigenvalue weighted by molar-refractivity contribution is -0.177. The Morgan fingerprint density at radius 1 is 1.00 bits per heavy atom. The van der Waals surface area contributed by atoms with E-state index in [0.717, 1.165) is 25.7 Å². The second-order valence-electron chi connectivity index (χ2n) is 10.2. The van der Waals surface area contributed by atoms with Crippen LogP contribution >= 0.6 is 11.8 Å². The van der Waals surface area contributed by atoms with Crippen molar-refractivity contribution in [3.63, 3.8) is 0 Å². The van der Waals surface area contributed by atoms with Gasteiger partial charge in [0.1, 0.15) is 0 Å². The maximum Gasteiger partial charge on any atom is 0.396 e. The highest BCUT2D eigenvalue weighted by molar-refractivity contribution is 8.01. The van der Waals surface area contributed by atoms with Crippen LogP contribution in [0, 0.1) is 17.8 Å². The molecule has 4 fully saturated rings. The lowest BCUT2D eigenvalue weighted by atomic mass is 9.60. The van der Waals surface area contributed by atoms with Gasteiger partial charge in [-0.25, -0.2) is 8.42 Å². The number of thioether (sulfide) groups is 1. The molecule has 2 N–H and O–H groups in total. The van der Waals surface area contributed by atoms with Crippen LogP contribution in [-0.2, 0) is 19.6 Å². The summed E-state index contributed by atoms with van der Waals surface area (Å²) in [5.74, 6) is -7.43. The molecule has 2 heterocycles. The van der Waals surface area contributed by atoms with E-state index in [0.29, 0.717) is 32.1 Å². The molecule has 2 aliphatic carbocycles. The fourth-order valence-corrected chi connectivity index (χ4v) is 9.43. The average Bonchev–Trinajstić information content (AvgIpc) is 3.50. The van der Waals surface area contributed by atoms with Crippen LogP contribution in [0.2, 0.25) is 0 Å². The highest BCUT2D eigenvalue weighted by Gasteiger charge is 2.67. The summed E-state index contributed by atoms with van der Waals surface area (Å²) < 4.78 is 90.3. The minimum absolute atomic E-state index is 0.128. The predicted octanol–water partition coefficient (Wildman–Crippen LogP) is 3.04. The summed E-state index contributed by atoms with van der Waals surface area (Å²) in [5, 5.41) is 16.5. The first-order valence-electron chi connectivity index (χ1n) is 11.6. The van der Waals surface area contributed by atoms with Crippen molar-refractivity contribution in [2.75, 3.05) is 6.61 Å². The van der Waals surface area contributed by atoms with Gasteiger partial charge in [0.05, 0.1) is 30.1 Å². The number of carbonyl (C=O) groups is 1. The highest BCUT2D eigenvalue weighted by atomic mass is 32.2. The van der Waals surface area contributed by atoms with Crippen LogP contribution in [0.1, 0.15) is 64.2 Å². The van der Waals surface area contributed by atoms with E-state index in [-0.39, 0.29) is 17.1 Å². The molecule has 2 saturated carbocycles. The minimum atomic E-state index is -6.61. The number of hydrogen-bond acceptors (Lipinski definition) is 8. The molecule has 4 aliphatic rings. The molecule has 4 rings (SSSR count). The molecule has 196 valence electrons. The number of esters is 1. The molecule has 0 amide bonds. The monoisotopic (exact) mass is 533 g/mol. The summed E-state index contributed by atoms with van der Waals surface area (Å²) in [7, 11) is -6.61. The smallest absolute Gasteiger partial charge is 0.396 e. The van der Waals surface area contributed by atoms with E-state index in [2.05, 4.69) is 0 Å². The summed E-state index contributed by atoms with van der Waals surface area (Å²) in [6, 6.07) is 0. The fraction of sp³-hybridized carbons (Fsp3) is 0.952. The predicted molar refractivity (Wildman–Crippen MR) is 112 cm³/mol. The van der Waals surface area contributed by atoms with Crippen LogP contribution in [0.15, 0.2) is 0 Å². The Bertz CT molecular complexity index is 901. The lowest BCUT2D eigenvalue weighted by Gasteiger charge is -2.47. The number of carbonyl (C=O) groups excluding carboxylic acids is 1. The third-order valence-electron chi connectivity index (χ3n) is 8.24. The number of ether oxygens (including phenoxy) is 1. The molecule has 0 aromatic carbocycles. The first kappa shape index (κ1) is 26.4. The Morgan fingerprint density at radius 2 is 1.50 bits per heavy atom. The molecule has 2 saturated heterocycles. The minimum Gasteiger partial charge on any atom is -0.743 e. The van der Waals surface area contributed by atoms with Crippen molar-refractivity contribution in [2.24, 2.45) is 17.8 Å². The van der Waals surface area contributed by atoms with Crippen LogP contribution in [0.5, 0.6) is 0 Å². The summed E-state index contributed by atoms with van der Waals surface area (Å²) in [6.07, 6.45) is 4.22. The van der Waals surface area contributed by atoms with Crippen molar-refractivity contribution in [1.29, 1.82) is 0 Å². The van der Waals surface area contributed by atoms with Crippen LogP contribution < -0.4 is 0 Å². The van der Waals surface area contributed by atoms with Gasteiger partial charge in [-0.3, -0.25) is 4.79 Å². The van der Waals surface area contributed by atoms with E-state index in [1.165, 1.54) is 11.8 Å². The normalized spacial score (nSPS) is 35.1. The zero-order chi connectivity index (χ0) is 25.2. The van der Waals surface area contributed by atoms with E-state index < -0.39 is 62.7 Å². The largest absolute Gasteiger partial charge is 0.743 e. The Balaban J connectivity index is 1.45. The molecule has 0 radical (unpaired) electrons. The van der Waals surface area contributed by atoms with Crippen molar-refractivity contribution in [1.82, 2.24) is 0 Å². The number of fused-ring (bicyclic) bond motifs is 2. The molecule has 2 aliphatic heterocycles. The number of halogens is 4. The van der Waals surface area contributed by atoms with Crippen molar-refractivity contribution in [2.45, 2.75) is 97.1 Å². The van der Waals surface area contributed by atoms with E-state index in [1.807, 2.05) is 0 Å². The molecule has 0 aromatic rings. The highest BCUT2D eigenvalue weighted by Crippen LogP contribution is 2.65. The maximum absolute atomic E-state index is 13.7. The molecule has 0 aromatic heterocycles. The zero-order valence-corrected chi connectivity index (χ0v) is 20.1. The zero-order valence-electron chi connectivity index (χ0n) is 18.4. The van der Waals surface area contributed by atoms with Gasteiger partial charge >= 0.3 is 17.1 Å². The molecule has 5 unspecified atom stereocenters. The van der Waals surface area contributed by atoms with Gasteiger partial charge < -0.3 is 19.5 Å². The molecular formula is C21H29F4O7S2-. The van der Waals surface area contributed by atoms with Gasteiger partial charge in [-0.1, -0.05) is 25.7 Å². The van der Waals surface area contributed by atoms with Crippen molar-refractivity contribution < 1.29 is 50.3 Å². The third-order valence-corrected chi connectivity index (χ3v) is 10.9. The van der Waals surface area contributed by atoms with Crippen LogP contribution in [0.25, 0.3) is 0 Å². The Labute approximate surface area is 199 Å². The third kappa shape index (κ3) is 4.26. The van der Waals surface area contributed by atoms with Gasteiger partial charge in [0.15, 0.2) is 10.1 Å². The summed E-state index contributed by atoms with van der Waals surface area (Å²) in [4.78, 5) is 12.7. The summed E-state index contributed by atoms with van der Waals surface area (Å²) >= 11 is 1.49. The summed E-state index contributed by atoms with van der Waals surface area (Å²) in [5.41, 5.74) is -1.98. The second kappa shape index (κ2) is 8.74. The van der Waals surface area contributed by atoms with Gasteiger partial charge in [-0.2, -0.15) is 29.3 Å². The van der Waals surface area contributed by atoms with Crippen LogP contribution in [-0.4, -0.2) is 68.6 Å². The number of rotatable bonds is 8. The first-order chi connectivity index (χ1) is 15.6. The standard InChI is InChI=1S/C21H30F4O7S2/c22-20(23,21(24,25)34(29,30)31)9-10-32-17(26)12-11-13-14(18(27)5-1-2-6-18)15(16(12)33-13)19(28)7-3-4-8-19/h12-16,27-28H,1-11H2,(H,29,30,31)/p-1. The molecule has 34 heavy (non-hydrogen) atoms. The van der Waals surface area contributed by atoms with E-state index >= 15 is 0 Å². The number of hydrogen-bond donors (Lipinski definition) is 2. The Kier molecular flexibility index (Phi) is 6.80. The van der Waals surface area contributed by atoms with Crippen LogP contribution in [0.4, 0.5) is 17.6 Å². The topological polar surface area (TPSA) is 124 Å². The van der Waals surface area contributed by atoms with Crippen LogP contribution in [0.3, 0.4) is 0 Å². The molecule has 0 spiro atoms. The number of aliphatic hydroxyl groups is 2. The van der Waals surface area contributed by atoms with Gasteiger partial charge in [-0.05, 0) is 32.1 Å². The molecule has 7 nitrogen and oxygen atoms in total. The van der Waals surface area contributed by atoms with Gasteiger partial charge in [0.25, 0.3) is 0 Å². The molecular weight excluding hydrogens is 504 g/mol. The summed E-state index contributed by atoms with van der Waals surface area (Å²) in [6.45, 7) is -1.18. The lowest BCUT2D eigenvalue weighted by Crippen LogP contribution is -2.56. The molecule has 2 bridgehead atoms. The van der Waals surface area contributed by atoms with E-state index in [9.17, 15) is 45.5 Å².